The van der Waals surface area contributed by atoms with Crippen LogP contribution in [0.5, 0.6) is 11.5 Å². The van der Waals surface area contributed by atoms with Crippen molar-refractivity contribution in [3.63, 3.8) is 0 Å². The number of ether oxygens (including phenoxy) is 2. The Morgan fingerprint density at radius 1 is 1.31 bits per heavy atom. The second-order valence-electron chi connectivity index (χ2n) is 7.24. The van der Waals surface area contributed by atoms with Crippen LogP contribution in [0.25, 0.3) is 0 Å². The fourth-order valence-corrected chi connectivity index (χ4v) is 3.84. The number of rotatable bonds is 7. The molecule has 0 amide bonds. The first-order valence-electron chi connectivity index (χ1n) is 9.56. The molecule has 0 aliphatic carbocycles. The van der Waals surface area contributed by atoms with E-state index in [2.05, 4.69) is 36.0 Å². The SMILES string of the molecule is CCc1onc(C)c1C1CCCN1Cc1ccc(OC(C)C)c(OC)c1. The van der Waals surface area contributed by atoms with Crippen molar-refractivity contribution in [3.05, 3.63) is 40.8 Å². The highest BCUT2D eigenvalue weighted by Gasteiger charge is 2.31. The molecule has 2 aromatic rings. The van der Waals surface area contributed by atoms with Crippen LogP contribution in [0.15, 0.2) is 22.7 Å². The second kappa shape index (κ2) is 8.12. The standard InChI is InChI=1S/C21H30N2O3/c1-6-18-21(15(4)22-26-18)17-8-7-11-23(17)13-16-9-10-19(25-14(2)3)20(12-16)24-5/h9-10,12,14,17H,6-8,11,13H2,1-5H3. The van der Waals surface area contributed by atoms with Crippen LogP contribution in [0.3, 0.4) is 0 Å². The number of likely N-dealkylation sites (tertiary alicyclic amines) is 1. The molecule has 1 saturated heterocycles. The van der Waals surface area contributed by atoms with Crippen LogP contribution in [0.1, 0.15) is 62.2 Å². The highest BCUT2D eigenvalue weighted by Crippen LogP contribution is 2.38. The van der Waals surface area contributed by atoms with Crippen molar-refractivity contribution in [2.45, 2.75) is 65.6 Å². The summed E-state index contributed by atoms with van der Waals surface area (Å²) < 4.78 is 16.9. The molecule has 1 aromatic carbocycles. The van der Waals surface area contributed by atoms with Gasteiger partial charge in [-0.15, -0.1) is 0 Å². The fraction of sp³-hybridized carbons (Fsp3) is 0.571. The summed E-state index contributed by atoms with van der Waals surface area (Å²) >= 11 is 0. The van der Waals surface area contributed by atoms with Gasteiger partial charge in [0.2, 0.25) is 0 Å². The summed E-state index contributed by atoms with van der Waals surface area (Å²) in [7, 11) is 1.69. The minimum Gasteiger partial charge on any atom is -0.493 e. The van der Waals surface area contributed by atoms with Crippen molar-refractivity contribution in [3.8, 4) is 11.5 Å². The van der Waals surface area contributed by atoms with Gasteiger partial charge in [-0.2, -0.15) is 0 Å². The van der Waals surface area contributed by atoms with E-state index in [1.165, 1.54) is 17.5 Å². The molecule has 5 nitrogen and oxygen atoms in total. The van der Waals surface area contributed by atoms with Crippen molar-refractivity contribution in [2.75, 3.05) is 13.7 Å². The van der Waals surface area contributed by atoms with Crippen LogP contribution in [0, 0.1) is 6.92 Å². The average Bonchev–Trinajstić information content (AvgIpc) is 3.21. The van der Waals surface area contributed by atoms with Crippen LogP contribution < -0.4 is 9.47 Å². The third-order valence-electron chi connectivity index (χ3n) is 4.98. The third kappa shape index (κ3) is 3.88. The van der Waals surface area contributed by atoms with Crippen molar-refractivity contribution >= 4 is 0 Å². The zero-order chi connectivity index (χ0) is 18.7. The first-order chi connectivity index (χ1) is 12.5. The maximum absolute atomic E-state index is 5.83. The number of methoxy groups -OCH3 is 1. The largest absolute Gasteiger partial charge is 0.493 e. The van der Waals surface area contributed by atoms with E-state index >= 15 is 0 Å². The van der Waals surface area contributed by atoms with Crippen LogP contribution >= 0.6 is 0 Å². The van der Waals surface area contributed by atoms with Gasteiger partial charge in [0.15, 0.2) is 11.5 Å². The molecular weight excluding hydrogens is 328 g/mol. The number of nitrogens with zero attached hydrogens (tertiary/aromatic N) is 2. The summed E-state index contributed by atoms with van der Waals surface area (Å²) in [6.07, 6.45) is 3.36. The molecule has 1 aliphatic rings. The summed E-state index contributed by atoms with van der Waals surface area (Å²) in [6, 6.07) is 6.63. The van der Waals surface area contributed by atoms with Gasteiger partial charge in [-0.25, -0.2) is 0 Å². The normalized spacial score (nSPS) is 17.8. The lowest BCUT2D eigenvalue weighted by atomic mass is 10.0. The Morgan fingerprint density at radius 3 is 2.81 bits per heavy atom. The van der Waals surface area contributed by atoms with E-state index in [1.54, 1.807) is 7.11 Å². The van der Waals surface area contributed by atoms with Gasteiger partial charge in [-0.1, -0.05) is 18.1 Å². The minimum absolute atomic E-state index is 0.127. The molecule has 0 N–H and O–H groups in total. The Kier molecular flexibility index (Phi) is 5.87. The molecule has 1 aliphatic heterocycles. The van der Waals surface area contributed by atoms with E-state index in [4.69, 9.17) is 14.0 Å². The van der Waals surface area contributed by atoms with Gasteiger partial charge in [0.25, 0.3) is 0 Å². The van der Waals surface area contributed by atoms with Crippen LogP contribution in [0.4, 0.5) is 0 Å². The number of hydrogen-bond donors (Lipinski definition) is 0. The number of hydrogen-bond acceptors (Lipinski definition) is 5. The maximum atomic E-state index is 5.83. The first-order valence-corrected chi connectivity index (χ1v) is 9.56. The van der Waals surface area contributed by atoms with E-state index in [9.17, 15) is 0 Å². The van der Waals surface area contributed by atoms with Gasteiger partial charge in [0, 0.05) is 24.6 Å². The van der Waals surface area contributed by atoms with Crippen molar-refractivity contribution in [1.29, 1.82) is 0 Å². The molecule has 142 valence electrons. The molecule has 1 atom stereocenters. The molecule has 1 unspecified atom stereocenters. The van der Waals surface area contributed by atoms with E-state index in [-0.39, 0.29) is 6.10 Å². The molecule has 0 radical (unpaired) electrons. The number of aryl methyl sites for hydroxylation is 2. The van der Waals surface area contributed by atoms with E-state index in [0.717, 1.165) is 48.9 Å². The highest BCUT2D eigenvalue weighted by atomic mass is 16.5. The molecule has 1 fully saturated rings. The minimum atomic E-state index is 0.127. The van der Waals surface area contributed by atoms with Crippen molar-refractivity contribution in [2.24, 2.45) is 0 Å². The molecular formula is C21H30N2O3. The summed E-state index contributed by atoms with van der Waals surface area (Å²) in [5, 5.41) is 4.20. The molecule has 3 rings (SSSR count). The Balaban J connectivity index is 1.80. The van der Waals surface area contributed by atoms with Gasteiger partial charge in [-0.3, -0.25) is 4.90 Å². The van der Waals surface area contributed by atoms with Crippen molar-refractivity contribution in [1.82, 2.24) is 10.1 Å². The van der Waals surface area contributed by atoms with Gasteiger partial charge >= 0.3 is 0 Å². The maximum Gasteiger partial charge on any atom is 0.161 e. The highest BCUT2D eigenvalue weighted by molar-refractivity contribution is 5.43. The van der Waals surface area contributed by atoms with E-state index in [0.29, 0.717) is 6.04 Å². The van der Waals surface area contributed by atoms with E-state index in [1.807, 2.05) is 19.9 Å². The molecule has 2 heterocycles. The Labute approximate surface area is 156 Å². The molecule has 1 aromatic heterocycles. The summed E-state index contributed by atoms with van der Waals surface area (Å²) in [6.45, 7) is 10.2. The predicted octanol–water partition coefficient (Wildman–Crippen LogP) is 4.68. The summed E-state index contributed by atoms with van der Waals surface area (Å²) in [5.74, 6) is 2.62. The molecule has 0 bridgehead atoms. The summed E-state index contributed by atoms with van der Waals surface area (Å²) in [5.41, 5.74) is 3.55. The zero-order valence-corrected chi connectivity index (χ0v) is 16.5. The fourth-order valence-electron chi connectivity index (χ4n) is 3.84. The van der Waals surface area contributed by atoms with Gasteiger partial charge in [-0.05, 0) is 57.9 Å². The third-order valence-corrected chi connectivity index (χ3v) is 4.98. The molecule has 0 spiro atoms. The zero-order valence-electron chi connectivity index (χ0n) is 16.5. The number of benzene rings is 1. The van der Waals surface area contributed by atoms with Gasteiger partial charge in [0.05, 0.1) is 18.9 Å². The second-order valence-corrected chi connectivity index (χ2v) is 7.24. The lowest BCUT2D eigenvalue weighted by Crippen LogP contribution is -2.23. The van der Waals surface area contributed by atoms with Crippen molar-refractivity contribution < 1.29 is 14.0 Å². The number of aromatic nitrogens is 1. The lowest BCUT2D eigenvalue weighted by molar-refractivity contribution is 0.228. The van der Waals surface area contributed by atoms with Crippen LogP contribution in [-0.2, 0) is 13.0 Å². The topological polar surface area (TPSA) is 47.7 Å². The Bertz CT molecular complexity index is 739. The molecule has 26 heavy (non-hydrogen) atoms. The monoisotopic (exact) mass is 358 g/mol. The summed E-state index contributed by atoms with van der Waals surface area (Å²) in [4.78, 5) is 2.52. The Hall–Kier alpha value is -2.01. The average molecular weight is 358 g/mol. The van der Waals surface area contributed by atoms with E-state index < -0.39 is 0 Å². The van der Waals surface area contributed by atoms with Gasteiger partial charge in [0.1, 0.15) is 5.76 Å². The van der Waals surface area contributed by atoms with Gasteiger partial charge < -0.3 is 14.0 Å². The lowest BCUT2D eigenvalue weighted by Gasteiger charge is -2.25. The molecule has 5 heteroatoms. The van der Waals surface area contributed by atoms with Crippen LogP contribution in [-0.4, -0.2) is 29.8 Å². The van der Waals surface area contributed by atoms with Crippen LogP contribution in [0.2, 0.25) is 0 Å². The quantitative estimate of drug-likeness (QED) is 0.719. The first kappa shape index (κ1) is 18.8. The Morgan fingerprint density at radius 2 is 2.12 bits per heavy atom. The predicted molar refractivity (Wildman–Crippen MR) is 102 cm³/mol. The molecule has 0 saturated carbocycles. The smallest absolute Gasteiger partial charge is 0.161 e.